The van der Waals surface area contributed by atoms with Crippen molar-refractivity contribution in [2.45, 2.75) is 50.7 Å². The van der Waals surface area contributed by atoms with Crippen LogP contribution < -0.4 is 10.1 Å². The minimum Gasteiger partial charge on any atom is -0.490 e. The summed E-state index contributed by atoms with van der Waals surface area (Å²) >= 11 is 0. The predicted molar refractivity (Wildman–Crippen MR) is 86.0 cm³/mol. The van der Waals surface area contributed by atoms with Crippen LogP contribution in [0.1, 0.15) is 37.9 Å². The van der Waals surface area contributed by atoms with Crippen LogP contribution in [0.5, 0.6) is 5.75 Å². The van der Waals surface area contributed by atoms with Crippen LogP contribution in [-0.2, 0) is 11.2 Å². The number of ether oxygens (including phenoxy) is 1. The topological polar surface area (TPSA) is 64.4 Å². The SMILES string of the molecule is O=C(CCc1ccno1)NC1CCC(Oc2cc(F)cc(F)c2)CC1. The van der Waals surface area contributed by atoms with Gasteiger partial charge in [0.15, 0.2) is 0 Å². The fourth-order valence-electron chi connectivity index (χ4n) is 3.02. The maximum atomic E-state index is 13.2. The summed E-state index contributed by atoms with van der Waals surface area (Å²) < 4.78 is 37.0. The highest BCUT2D eigenvalue weighted by Gasteiger charge is 2.24. The zero-order chi connectivity index (χ0) is 17.6. The number of hydrogen-bond donors (Lipinski definition) is 1. The van der Waals surface area contributed by atoms with Crippen LogP contribution >= 0.6 is 0 Å². The lowest BCUT2D eigenvalue weighted by Crippen LogP contribution is -2.39. The Morgan fingerprint density at radius 3 is 2.56 bits per heavy atom. The first kappa shape index (κ1) is 17.4. The number of nitrogens with zero attached hydrogens (tertiary/aromatic N) is 1. The van der Waals surface area contributed by atoms with Gasteiger partial charge in [-0.2, -0.15) is 0 Å². The van der Waals surface area contributed by atoms with Crippen molar-refractivity contribution in [1.82, 2.24) is 10.5 Å². The molecule has 0 bridgehead atoms. The normalized spacial score (nSPS) is 20.2. The summed E-state index contributed by atoms with van der Waals surface area (Å²) in [6.07, 6.45) is 5.34. The van der Waals surface area contributed by atoms with Crippen molar-refractivity contribution >= 4 is 5.91 Å². The van der Waals surface area contributed by atoms with Crippen molar-refractivity contribution in [3.8, 4) is 5.75 Å². The first-order valence-electron chi connectivity index (χ1n) is 8.40. The van der Waals surface area contributed by atoms with Gasteiger partial charge in [0.1, 0.15) is 23.1 Å². The Morgan fingerprint density at radius 2 is 1.92 bits per heavy atom. The van der Waals surface area contributed by atoms with Gasteiger partial charge in [-0.25, -0.2) is 8.78 Å². The Hall–Kier alpha value is -2.44. The fraction of sp³-hybridized carbons (Fsp3) is 0.444. The van der Waals surface area contributed by atoms with Crippen molar-refractivity contribution in [1.29, 1.82) is 0 Å². The van der Waals surface area contributed by atoms with E-state index >= 15 is 0 Å². The van der Waals surface area contributed by atoms with Crippen LogP contribution in [0.25, 0.3) is 0 Å². The molecule has 1 N–H and O–H groups in total. The van der Waals surface area contributed by atoms with Crippen molar-refractivity contribution in [3.63, 3.8) is 0 Å². The molecule has 3 rings (SSSR count). The third kappa shape index (κ3) is 5.27. The van der Waals surface area contributed by atoms with Gasteiger partial charge < -0.3 is 14.6 Å². The number of aryl methyl sites for hydroxylation is 1. The van der Waals surface area contributed by atoms with E-state index in [1.54, 1.807) is 12.3 Å². The first-order chi connectivity index (χ1) is 12.1. The summed E-state index contributed by atoms with van der Waals surface area (Å²) in [5, 5.41) is 6.61. The molecule has 0 saturated heterocycles. The highest BCUT2D eigenvalue weighted by Crippen LogP contribution is 2.25. The van der Waals surface area contributed by atoms with Crippen molar-refractivity contribution in [2.75, 3.05) is 0 Å². The minimum atomic E-state index is -0.650. The Morgan fingerprint density at radius 1 is 1.20 bits per heavy atom. The number of carbonyl (C=O) groups excluding carboxylic acids is 1. The number of rotatable bonds is 6. The zero-order valence-electron chi connectivity index (χ0n) is 13.7. The van der Waals surface area contributed by atoms with Crippen LogP contribution in [0, 0.1) is 11.6 Å². The van der Waals surface area contributed by atoms with Crippen molar-refractivity contribution in [3.05, 3.63) is 47.9 Å². The van der Waals surface area contributed by atoms with E-state index in [4.69, 9.17) is 9.26 Å². The Balaban J connectivity index is 1.40. The fourth-order valence-corrected chi connectivity index (χ4v) is 3.02. The number of benzene rings is 1. The van der Waals surface area contributed by atoms with Crippen LogP contribution in [0.4, 0.5) is 8.78 Å². The number of halogens is 2. The molecule has 1 saturated carbocycles. The quantitative estimate of drug-likeness (QED) is 0.867. The van der Waals surface area contributed by atoms with Gasteiger partial charge in [0.25, 0.3) is 0 Å². The molecule has 5 nitrogen and oxygen atoms in total. The molecular formula is C18H20F2N2O3. The van der Waals surface area contributed by atoms with Crippen LogP contribution in [0.2, 0.25) is 0 Å². The summed E-state index contributed by atoms with van der Waals surface area (Å²) in [6.45, 7) is 0. The number of carbonyl (C=O) groups is 1. The van der Waals surface area contributed by atoms with Gasteiger partial charge in [0, 0.05) is 43.1 Å². The lowest BCUT2D eigenvalue weighted by molar-refractivity contribution is -0.122. The molecule has 7 heteroatoms. The van der Waals surface area contributed by atoms with E-state index in [0.29, 0.717) is 18.6 Å². The highest BCUT2D eigenvalue weighted by molar-refractivity contribution is 5.76. The Labute approximate surface area is 144 Å². The molecule has 1 aromatic heterocycles. The predicted octanol–water partition coefficient (Wildman–Crippen LogP) is 3.39. The van der Waals surface area contributed by atoms with E-state index in [2.05, 4.69) is 10.5 Å². The molecule has 1 amide bonds. The summed E-state index contributed by atoms with van der Waals surface area (Å²) in [7, 11) is 0. The monoisotopic (exact) mass is 350 g/mol. The maximum Gasteiger partial charge on any atom is 0.220 e. The lowest BCUT2D eigenvalue weighted by Gasteiger charge is -2.29. The van der Waals surface area contributed by atoms with Gasteiger partial charge in [0.05, 0.1) is 12.3 Å². The van der Waals surface area contributed by atoms with Crippen LogP contribution in [0.3, 0.4) is 0 Å². The summed E-state index contributed by atoms with van der Waals surface area (Å²) in [4.78, 5) is 12.0. The van der Waals surface area contributed by atoms with Crippen molar-refractivity contribution in [2.24, 2.45) is 0 Å². The molecule has 2 aromatic rings. The smallest absolute Gasteiger partial charge is 0.220 e. The van der Waals surface area contributed by atoms with E-state index in [1.807, 2.05) is 0 Å². The van der Waals surface area contributed by atoms with E-state index in [1.165, 1.54) is 12.1 Å². The van der Waals surface area contributed by atoms with Gasteiger partial charge in [0.2, 0.25) is 5.91 Å². The van der Waals surface area contributed by atoms with E-state index in [0.717, 1.165) is 31.7 Å². The number of aromatic nitrogens is 1. The van der Waals surface area contributed by atoms with Gasteiger partial charge in [-0.15, -0.1) is 0 Å². The second-order valence-corrected chi connectivity index (χ2v) is 6.24. The number of amides is 1. The molecule has 134 valence electrons. The molecule has 0 atom stereocenters. The first-order valence-corrected chi connectivity index (χ1v) is 8.40. The van der Waals surface area contributed by atoms with Gasteiger partial charge in [-0.3, -0.25) is 4.79 Å². The third-order valence-corrected chi connectivity index (χ3v) is 4.27. The molecule has 1 aromatic carbocycles. The van der Waals surface area contributed by atoms with Crippen molar-refractivity contribution < 1.29 is 22.8 Å². The molecule has 0 unspecified atom stereocenters. The van der Waals surface area contributed by atoms with Gasteiger partial charge in [-0.1, -0.05) is 5.16 Å². The molecule has 0 spiro atoms. The van der Waals surface area contributed by atoms with E-state index in [9.17, 15) is 13.6 Å². The summed E-state index contributed by atoms with van der Waals surface area (Å²) in [5.41, 5.74) is 0. The largest absolute Gasteiger partial charge is 0.490 e. The lowest BCUT2D eigenvalue weighted by atomic mass is 9.92. The molecule has 0 radical (unpaired) electrons. The van der Waals surface area contributed by atoms with Crippen LogP contribution in [-0.4, -0.2) is 23.2 Å². The standard InChI is InChI=1S/C18H20F2N2O3/c19-12-9-13(20)11-17(10-12)24-15-3-1-14(2-4-15)22-18(23)6-5-16-7-8-21-25-16/h7-11,14-15H,1-6H2,(H,22,23). The average Bonchev–Trinajstić information content (AvgIpc) is 3.07. The average molecular weight is 350 g/mol. The molecule has 1 aliphatic rings. The minimum absolute atomic E-state index is 0.0204. The zero-order valence-corrected chi connectivity index (χ0v) is 13.7. The summed E-state index contributed by atoms with van der Waals surface area (Å²) in [5.74, 6) is -0.426. The Bertz CT molecular complexity index is 678. The molecule has 1 aliphatic carbocycles. The second kappa shape index (κ2) is 8.09. The van der Waals surface area contributed by atoms with E-state index < -0.39 is 11.6 Å². The number of nitrogens with one attached hydrogen (secondary N) is 1. The van der Waals surface area contributed by atoms with E-state index in [-0.39, 0.29) is 23.8 Å². The second-order valence-electron chi connectivity index (χ2n) is 6.24. The number of hydrogen-bond acceptors (Lipinski definition) is 4. The molecule has 25 heavy (non-hydrogen) atoms. The third-order valence-electron chi connectivity index (χ3n) is 4.27. The summed E-state index contributed by atoms with van der Waals surface area (Å²) in [6, 6.07) is 5.02. The van der Waals surface area contributed by atoms with Gasteiger partial charge in [-0.05, 0) is 25.7 Å². The highest BCUT2D eigenvalue weighted by atomic mass is 19.1. The van der Waals surface area contributed by atoms with Crippen LogP contribution in [0.15, 0.2) is 35.0 Å². The maximum absolute atomic E-state index is 13.2. The Kier molecular flexibility index (Phi) is 5.63. The van der Waals surface area contributed by atoms with Gasteiger partial charge >= 0.3 is 0 Å². The molecule has 1 heterocycles. The molecule has 0 aliphatic heterocycles. The molecular weight excluding hydrogens is 330 g/mol. The molecule has 1 fully saturated rings.